The lowest BCUT2D eigenvalue weighted by Gasteiger charge is -2.40. The Labute approximate surface area is 120 Å². The molecule has 118 valence electrons. The molecule has 0 aromatic heterocycles. The molecular weight excluding hydrogens is 286 g/mol. The van der Waals surface area contributed by atoms with Crippen molar-refractivity contribution < 1.29 is 38.1 Å². The maximum Gasteiger partial charge on any atom is 0.303 e. The third kappa shape index (κ3) is 5.03. The monoisotopic (exact) mass is 303 g/mol. The molecule has 0 bridgehead atoms. The fourth-order valence-corrected chi connectivity index (χ4v) is 1.95. The van der Waals surface area contributed by atoms with Crippen LogP contribution in [0, 0.1) is 0 Å². The van der Waals surface area contributed by atoms with Crippen LogP contribution in [0.25, 0.3) is 0 Å². The van der Waals surface area contributed by atoms with Gasteiger partial charge in [-0.25, -0.2) is 0 Å². The molecule has 1 heterocycles. The smallest absolute Gasteiger partial charge is 0.303 e. The van der Waals surface area contributed by atoms with Crippen molar-refractivity contribution in [3.8, 4) is 0 Å². The van der Waals surface area contributed by atoms with Gasteiger partial charge in [-0.05, 0) is 0 Å². The Bertz CT molecular complexity index is 423. The van der Waals surface area contributed by atoms with E-state index in [1.54, 1.807) is 0 Å². The van der Waals surface area contributed by atoms with Crippen molar-refractivity contribution in [2.24, 2.45) is 0 Å². The maximum atomic E-state index is 11.2. The van der Waals surface area contributed by atoms with E-state index >= 15 is 0 Å². The van der Waals surface area contributed by atoms with Gasteiger partial charge in [-0.3, -0.25) is 19.2 Å². The van der Waals surface area contributed by atoms with Crippen LogP contribution in [0.3, 0.4) is 0 Å². The molecule has 1 unspecified atom stereocenters. The van der Waals surface area contributed by atoms with E-state index in [0.29, 0.717) is 6.41 Å². The number of carbonyl (C=O) groups is 4. The van der Waals surface area contributed by atoms with Gasteiger partial charge in [0.2, 0.25) is 6.41 Å². The predicted molar refractivity (Wildman–Crippen MR) is 65.6 cm³/mol. The van der Waals surface area contributed by atoms with Gasteiger partial charge in [-0.15, -0.1) is 0 Å². The summed E-state index contributed by atoms with van der Waals surface area (Å²) in [5.41, 5.74) is 0. The van der Waals surface area contributed by atoms with Crippen LogP contribution in [0.2, 0.25) is 0 Å². The van der Waals surface area contributed by atoms with E-state index in [-0.39, 0.29) is 6.61 Å². The molecular formula is C12H17NO8. The van der Waals surface area contributed by atoms with Crippen molar-refractivity contribution in [2.45, 2.75) is 45.3 Å². The van der Waals surface area contributed by atoms with Gasteiger partial charge in [0, 0.05) is 20.8 Å². The largest absolute Gasteiger partial charge is 0.456 e. The minimum Gasteiger partial charge on any atom is -0.456 e. The summed E-state index contributed by atoms with van der Waals surface area (Å²) in [6, 6.07) is 0. The molecule has 0 spiro atoms. The summed E-state index contributed by atoms with van der Waals surface area (Å²) >= 11 is 0. The average molecular weight is 303 g/mol. The molecule has 1 N–H and O–H groups in total. The van der Waals surface area contributed by atoms with Crippen LogP contribution in [-0.2, 0) is 38.1 Å². The zero-order chi connectivity index (χ0) is 16.0. The molecule has 1 rings (SSSR count). The molecule has 1 aliphatic heterocycles. The number of hydrogen-bond donors (Lipinski definition) is 1. The molecule has 4 atom stereocenters. The highest BCUT2D eigenvalue weighted by Gasteiger charge is 2.46. The number of carbonyl (C=O) groups excluding carboxylic acids is 4. The quantitative estimate of drug-likeness (QED) is 0.386. The van der Waals surface area contributed by atoms with Crippen LogP contribution in [0.5, 0.6) is 0 Å². The lowest BCUT2D eigenvalue weighted by atomic mass is 10.0. The van der Waals surface area contributed by atoms with E-state index in [1.807, 2.05) is 0 Å². The molecule has 1 saturated heterocycles. The highest BCUT2D eigenvalue weighted by atomic mass is 16.6. The van der Waals surface area contributed by atoms with E-state index in [9.17, 15) is 19.2 Å². The molecule has 0 aromatic carbocycles. The van der Waals surface area contributed by atoms with E-state index in [0.717, 1.165) is 13.8 Å². The minimum absolute atomic E-state index is 0.124. The van der Waals surface area contributed by atoms with Gasteiger partial charge in [0.25, 0.3) is 0 Å². The Hall–Kier alpha value is -2.16. The zero-order valence-electron chi connectivity index (χ0n) is 11.9. The van der Waals surface area contributed by atoms with E-state index < -0.39 is 42.4 Å². The fourth-order valence-electron chi connectivity index (χ4n) is 1.95. The van der Waals surface area contributed by atoms with Gasteiger partial charge in [0.1, 0.15) is 0 Å². The van der Waals surface area contributed by atoms with Crippen LogP contribution < -0.4 is 5.32 Å². The van der Waals surface area contributed by atoms with Gasteiger partial charge in [-0.1, -0.05) is 0 Å². The molecule has 0 aliphatic carbocycles. The molecule has 0 aromatic rings. The Kier molecular flexibility index (Phi) is 6.10. The Morgan fingerprint density at radius 2 is 1.52 bits per heavy atom. The molecule has 1 amide bonds. The summed E-state index contributed by atoms with van der Waals surface area (Å²) in [5, 5.41) is 2.31. The van der Waals surface area contributed by atoms with Gasteiger partial charge in [0.15, 0.2) is 24.5 Å². The maximum absolute atomic E-state index is 11.2. The van der Waals surface area contributed by atoms with Gasteiger partial charge < -0.3 is 24.3 Å². The standard InChI is InChI=1S/C12H17NO8/c1-6(15)19-9-4-18-12(13-5-14)11(21-8(3)17)10(9)20-7(2)16/h5,9-12H,4H2,1-3H3,(H,13,14)/t9-,10-,11+,12?/m1/s1. The number of hydrogen-bond acceptors (Lipinski definition) is 8. The van der Waals surface area contributed by atoms with Gasteiger partial charge in [0.05, 0.1) is 6.61 Å². The summed E-state index contributed by atoms with van der Waals surface area (Å²) in [4.78, 5) is 44.0. The number of rotatable bonds is 5. The van der Waals surface area contributed by atoms with Crippen LogP contribution in [0.4, 0.5) is 0 Å². The summed E-state index contributed by atoms with van der Waals surface area (Å²) in [6.45, 7) is 3.37. The van der Waals surface area contributed by atoms with Crippen molar-refractivity contribution in [1.29, 1.82) is 0 Å². The van der Waals surface area contributed by atoms with Crippen molar-refractivity contribution in [1.82, 2.24) is 5.32 Å². The summed E-state index contributed by atoms with van der Waals surface area (Å²) < 4.78 is 20.4. The Morgan fingerprint density at radius 1 is 1.00 bits per heavy atom. The normalized spacial score (nSPS) is 28.1. The van der Waals surface area contributed by atoms with Crippen molar-refractivity contribution in [3.05, 3.63) is 0 Å². The molecule has 9 nitrogen and oxygen atoms in total. The molecule has 9 heteroatoms. The first-order chi connectivity index (χ1) is 9.85. The third-order valence-corrected chi connectivity index (χ3v) is 2.58. The molecule has 0 saturated carbocycles. The third-order valence-electron chi connectivity index (χ3n) is 2.58. The SMILES string of the molecule is CC(=O)O[C@H]1[C@H](OC(C)=O)C(NC=O)OC[C@H]1OC(C)=O. The minimum atomic E-state index is -1.13. The Morgan fingerprint density at radius 3 is 2.00 bits per heavy atom. The molecule has 21 heavy (non-hydrogen) atoms. The van der Waals surface area contributed by atoms with E-state index in [2.05, 4.69) is 5.32 Å². The lowest BCUT2D eigenvalue weighted by molar-refractivity contribution is -0.229. The predicted octanol–water partition coefficient (Wildman–Crippen LogP) is -1.12. The zero-order valence-corrected chi connectivity index (χ0v) is 11.9. The van der Waals surface area contributed by atoms with E-state index in [4.69, 9.17) is 18.9 Å². The lowest BCUT2D eigenvalue weighted by Crippen LogP contribution is -2.61. The fraction of sp³-hybridized carbons (Fsp3) is 0.667. The molecule has 0 radical (unpaired) electrons. The Balaban J connectivity index is 2.99. The van der Waals surface area contributed by atoms with Crippen molar-refractivity contribution in [3.63, 3.8) is 0 Å². The average Bonchev–Trinajstić information content (AvgIpc) is 2.35. The van der Waals surface area contributed by atoms with Crippen molar-refractivity contribution >= 4 is 24.3 Å². The summed E-state index contributed by atoms with van der Waals surface area (Å²) in [5.74, 6) is -1.92. The first-order valence-corrected chi connectivity index (χ1v) is 6.18. The number of ether oxygens (including phenoxy) is 4. The van der Waals surface area contributed by atoms with Gasteiger partial charge in [-0.2, -0.15) is 0 Å². The van der Waals surface area contributed by atoms with Gasteiger partial charge >= 0.3 is 17.9 Å². The highest BCUT2D eigenvalue weighted by Crippen LogP contribution is 2.23. The van der Waals surface area contributed by atoms with Crippen molar-refractivity contribution in [2.75, 3.05) is 6.61 Å². The first kappa shape index (κ1) is 16.9. The van der Waals surface area contributed by atoms with Crippen LogP contribution in [0.15, 0.2) is 0 Å². The highest BCUT2D eigenvalue weighted by molar-refractivity contribution is 5.68. The molecule has 1 fully saturated rings. The first-order valence-electron chi connectivity index (χ1n) is 6.18. The van der Waals surface area contributed by atoms with Crippen LogP contribution in [-0.4, -0.2) is 55.5 Å². The van der Waals surface area contributed by atoms with E-state index in [1.165, 1.54) is 6.92 Å². The second kappa shape index (κ2) is 7.58. The number of amides is 1. The van der Waals surface area contributed by atoms with Crippen LogP contribution >= 0.6 is 0 Å². The number of esters is 3. The van der Waals surface area contributed by atoms with Crippen LogP contribution in [0.1, 0.15) is 20.8 Å². The number of nitrogens with one attached hydrogen (secondary N) is 1. The topological polar surface area (TPSA) is 117 Å². The summed E-state index contributed by atoms with van der Waals surface area (Å²) in [6.07, 6.45) is -3.81. The molecule has 1 aliphatic rings. The second-order valence-corrected chi connectivity index (χ2v) is 4.33. The second-order valence-electron chi connectivity index (χ2n) is 4.33. The summed E-state index contributed by atoms with van der Waals surface area (Å²) in [7, 11) is 0.